The number of carbonyl (C=O) groups excluding carboxylic acids is 1. The van der Waals surface area contributed by atoms with Crippen molar-refractivity contribution in [1.29, 1.82) is 0 Å². The molecule has 0 spiro atoms. The van der Waals surface area contributed by atoms with Gasteiger partial charge in [-0.2, -0.15) is 0 Å². The van der Waals surface area contributed by atoms with Crippen molar-refractivity contribution < 1.29 is 18.0 Å². The van der Waals surface area contributed by atoms with E-state index in [1.165, 1.54) is 0 Å². The first-order chi connectivity index (χ1) is 13.5. The van der Waals surface area contributed by atoms with Gasteiger partial charge in [0, 0.05) is 32.7 Å². The van der Waals surface area contributed by atoms with Crippen LogP contribution >= 0.6 is 0 Å². The molecular weight excluding hydrogens is 367 g/mol. The second-order valence-electron chi connectivity index (χ2n) is 6.57. The fraction of sp³-hybridized carbons (Fsp3) is 0.286. The van der Waals surface area contributed by atoms with Gasteiger partial charge in [-0.25, -0.2) is 13.2 Å². The molecule has 1 aliphatic rings. The number of hydrogen-bond donors (Lipinski definition) is 1. The lowest BCUT2D eigenvalue weighted by Gasteiger charge is -2.34. The number of piperazine rings is 1. The summed E-state index contributed by atoms with van der Waals surface area (Å²) in [6.07, 6.45) is 4.16. The van der Waals surface area contributed by atoms with Gasteiger partial charge in [0.1, 0.15) is 0 Å². The van der Waals surface area contributed by atoms with E-state index in [0.717, 1.165) is 37.3 Å². The van der Waals surface area contributed by atoms with Crippen molar-refractivity contribution in [2.45, 2.75) is 0 Å². The summed E-state index contributed by atoms with van der Waals surface area (Å²) in [6.45, 7) is 3.25. The number of nitrogens with zero attached hydrogens (tertiary/aromatic N) is 2. The summed E-state index contributed by atoms with van der Waals surface area (Å²) in [5, 5.41) is 2.54. The predicted octanol–water partition coefficient (Wildman–Crippen LogP) is 3.37. The molecule has 1 saturated heterocycles. The van der Waals surface area contributed by atoms with Gasteiger partial charge in [0.2, 0.25) is 5.91 Å². The summed E-state index contributed by atoms with van der Waals surface area (Å²) in [6, 6.07) is 11.9. The van der Waals surface area contributed by atoms with Gasteiger partial charge in [0.05, 0.1) is 12.2 Å². The van der Waals surface area contributed by atoms with Crippen LogP contribution in [0, 0.1) is 17.5 Å². The highest BCUT2D eigenvalue weighted by atomic mass is 19.2. The smallest absolute Gasteiger partial charge is 0.241 e. The fourth-order valence-electron chi connectivity index (χ4n) is 3.03. The molecule has 2 aromatic rings. The van der Waals surface area contributed by atoms with Crippen LogP contribution in [-0.2, 0) is 4.79 Å². The molecule has 0 saturated carbocycles. The van der Waals surface area contributed by atoms with Crippen molar-refractivity contribution in [2.75, 3.05) is 44.6 Å². The highest BCUT2D eigenvalue weighted by Gasteiger charge is 2.21. The summed E-state index contributed by atoms with van der Waals surface area (Å²) in [5.74, 6) is -4.33. The molecule has 28 heavy (non-hydrogen) atoms. The number of anilines is 1. The molecule has 7 heteroatoms. The van der Waals surface area contributed by atoms with Gasteiger partial charge in [-0.1, -0.05) is 42.5 Å². The first kappa shape index (κ1) is 19.9. The van der Waals surface area contributed by atoms with Crippen LogP contribution in [-0.4, -0.2) is 55.0 Å². The monoisotopic (exact) mass is 389 g/mol. The molecule has 0 bridgehead atoms. The zero-order valence-corrected chi connectivity index (χ0v) is 15.4. The molecule has 148 valence electrons. The summed E-state index contributed by atoms with van der Waals surface area (Å²) in [4.78, 5) is 16.2. The van der Waals surface area contributed by atoms with Crippen molar-refractivity contribution in [3.63, 3.8) is 0 Å². The van der Waals surface area contributed by atoms with E-state index in [4.69, 9.17) is 0 Å². The Bertz CT molecular complexity index is 834. The van der Waals surface area contributed by atoms with Crippen molar-refractivity contribution in [3.8, 4) is 0 Å². The highest BCUT2D eigenvalue weighted by molar-refractivity contribution is 5.81. The predicted molar refractivity (Wildman–Crippen MR) is 103 cm³/mol. The Hall–Kier alpha value is -2.80. The van der Waals surface area contributed by atoms with Gasteiger partial charge in [0.25, 0.3) is 0 Å². The number of nitrogens with one attached hydrogen (secondary N) is 1. The van der Waals surface area contributed by atoms with Crippen molar-refractivity contribution in [2.24, 2.45) is 0 Å². The lowest BCUT2D eigenvalue weighted by molar-refractivity contribution is -0.130. The Morgan fingerprint density at radius 1 is 0.964 bits per heavy atom. The lowest BCUT2D eigenvalue weighted by atomic mass is 10.2. The average Bonchev–Trinajstić information content (AvgIpc) is 2.72. The van der Waals surface area contributed by atoms with Gasteiger partial charge >= 0.3 is 0 Å². The quantitative estimate of drug-likeness (QED) is 0.770. The number of hydrogen-bond acceptors (Lipinski definition) is 3. The van der Waals surface area contributed by atoms with Gasteiger partial charge in [-0.05, 0) is 17.7 Å². The highest BCUT2D eigenvalue weighted by Crippen LogP contribution is 2.19. The molecular formula is C21H22F3N3O. The molecule has 1 fully saturated rings. The largest absolute Gasteiger partial charge is 0.374 e. The third kappa shape index (κ3) is 5.13. The normalized spacial score (nSPS) is 15.2. The zero-order valence-electron chi connectivity index (χ0n) is 15.4. The Labute approximate surface area is 162 Å². The van der Waals surface area contributed by atoms with E-state index >= 15 is 0 Å². The lowest BCUT2D eigenvalue weighted by Crippen LogP contribution is -2.50. The molecule has 0 unspecified atom stereocenters. The summed E-state index contributed by atoms with van der Waals surface area (Å²) < 4.78 is 39.8. The molecule has 0 radical (unpaired) electrons. The SMILES string of the molecule is O=C(CNc1ccc(F)c(F)c1F)N1CCN(C/C=C/c2ccccc2)CC1. The maximum atomic E-state index is 13.6. The maximum absolute atomic E-state index is 13.6. The molecule has 4 nitrogen and oxygen atoms in total. The van der Waals surface area contributed by atoms with Crippen molar-refractivity contribution >= 4 is 17.7 Å². The number of benzene rings is 2. The molecule has 0 aliphatic carbocycles. The molecule has 2 aromatic carbocycles. The maximum Gasteiger partial charge on any atom is 0.241 e. The second-order valence-corrected chi connectivity index (χ2v) is 6.57. The van der Waals surface area contributed by atoms with Gasteiger partial charge in [-0.3, -0.25) is 9.69 Å². The van der Waals surface area contributed by atoms with Crippen molar-refractivity contribution in [3.05, 3.63) is 71.6 Å². The Kier molecular flexibility index (Phi) is 6.71. The Morgan fingerprint density at radius 2 is 1.68 bits per heavy atom. The topological polar surface area (TPSA) is 35.6 Å². The van der Waals surface area contributed by atoms with E-state index in [-0.39, 0.29) is 18.1 Å². The number of halogens is 3. The number of rotatable bonds is 6. The minimum absolute atomic E-state index is 0.171. The van der Waals surface area contributed by atoms with E-state index in [1.54, 1.807) is 4.90 Å². The molecule has 1 aliphatic heterocycles. The van der Waals surface area contributed by atoms with Crippen LogP contribution < -0.4 is 5.32 Å². The van der Waals surface area contributed by atoms with Crippen LogP contribution in [0.2, 0.25) is 0 Å². The average molecular weight is 389 g/mol. The van der Waals surface area contributed by atoms with E-state index in [0.29, 0.717) is 13.1 Å². The first-order valence-corrected chi connectivity index (χ1v) is 9.13. The van der Waals surface area contributed by atoms with Crippen molar-refractivity contribution in [1.82, 2.24) is 9.80 Å². The van der Waals surface area contributed by atoms with E-state index in [2.05, 4.69) is 22.4 Å². The first-order valence-electron chi connectivity index (χ1n) is 9.13. The van der Waals surface area contributed by atoms with Crippen LogP contribution in [0.3, 0.4) is 0 Å². The summed E-state index contributed by atoms with van der Waals surface area (Å²) in [7, 11) is 0. The Balaban J connectivity index is 1.42. The third-order valence-corrected chi connectivity index (χ3v) is 4.66. The molecule has 3 rings (SSSR count). The van der Waals surface area contributed by atoms with Gasteiger partial charge < -0.3 is 10.2 Å². The van der Waals surface area contributed by atoms with E-state index in [9.17, 15) is 18.0 Å². The van der Waals surface area contributed by atoms with Gasteiger partial charge in [-0.15, -0.1) is 0 Å². The second kappa shape index (κ2) is 9.41. The van der Waals surface area contributed by atoms with E-state index < -0.39 is 17.5 Å². The standard InChI is InChI=1S/C21H22F3N3O/c22-17-8-9-18(21(24)20(17)23)25-15-19(28)27-13-11-26(12-14-27)10-4-7-16-5-2-1-3-6-16/h1-9,25H,10-15H2/b7-4+. The molecule has 1 heterocycles. The minimum Gasteiger partial charge on any atom is -0.374 e. The Morgan fingerprint density at radius 3 is 2.39 bits per heavy atom. The summed E-state index contributed by atoms with van der Waals surface area (Å²) in [5.41, 5.74) is 0.920. The molecule has 1 N–H and O–H groups in total. The van der Waals surface area contributed by atoms with Crippen LogP contribution in [0.15, 0.2) is 48.5 Å². The van der Waals surface area contributed by atoms with Crippen LogP contribution in [0.4, 0.5) is 18.9 Å². The molecule has 1 amide bonds. The van der Waals surface area contributed by atoms with Crippen LogP contribution in [0.1, 0.15) is 5.56 Å². The van der Waals surface area contributed by atoms with Gasteiger partial charge in [0.15, 0.2) is 17.5 Å². The minimum atomic E-state index is -1.55. The number of carbonyl (C=O) groups is 1. The molecule has 0 aromatic heterocycles. The van der Waals surface area contributed by atoms with Crippen LogP contribution in [0.5, 0.6) is 0 Å². The number of amides is 1. The molecule has 0 atom stereocenters. The van der Waals surface area contributed by atoms with E-state index in [1.807, 2.05) is 30.3 Å². The zero-order chi connectivity index (χ0) is 19.9. The van der Waals surface area contributed by atoms with Crippen LogP contribution in [0.25, 0.3) is 6.08 Å². The summed E-state index contributed by atoms with van der Waals surface area (Å²) >= 11 is 0. The fourth-order valence-corrected chi connectivity index (χ4v) is 3.03. The third-order valence-electron chi connectivity index (χ3n) is 4.66.